The smallest absolute Gasteiger partial charge is 0.154 e. The van der Waals surface area contributed by atoms with Crippen molar-refractivity contribution in [3.8, 4) is 0 Å². The van der Waals surface area contributed by atoms with Gasteiger partial charge in [-0.15, -0.1) is 0 Å². The zero-order valence-electron chi connectivity index (χ0n) is 11.9. The van der Waals surface area contributed by atoms with E-state index in [0.29, 0.717) is 22.0 Å². The zero-order valence-corrected chi connectivity index (χ0v) is 14.2. The summed E-state index contributed by atoms with van der Waals surface area (Å²) in [5.74, 6) is 0.913. The molecule has 0 aliphatic heterocycles. The van der Waals surface area contributed by atoms with Gasteiger partial charge in [0.15, 0.2) is 10.3 Å². The van der Waals surface area contributed by atoms with Gasteiger partial charge in [-0.05, 0) is 25.0 Å². The quantitative estimate of drug-likeness (QED) is 0.721. The minimum atomic E-state index is 0.349. The molecule has 0 fully saturated rings. The van der Waals surface area contributed by atoms with Crippen molar-refractivity contribution in [1.29, 1.82) is 0 Å². The van der Waals surface area contributed by atoms with Crippen LogP contribution in [0.5, 0.6) is 0 Å². The molecule has 0 amide bonds. The molecule has 21 heavy (non-hydrogen) atoms. The fourth-order valence-electron chi connectivity index (χ4n) is 2.00. The Morgan fingerprint density at radius 1 is 1.19 bits per heavy atom. The van der Waals surface area contributed by atoms with Gasteiger partial charge in [0.25, 0.3) is 0 Å². The Morgan fingerprint density at radius 2 is 1.95 bits per heavy atom. The van der Waals surface area contributed by atoms with Crippen molar-refractivity contribution in [2.75, 3.05) is 5.32 Å². The van der Waals surface area contributed by atoms with E-state index >= 15 is 0 Å². The van der Waals surface area contributed by atoms with Crippen LogP contribution in [0.25, 0.3) is 0 Å². The van der Waals surface area contributed by atoms with Crippen LogP contribution in [0, 0.1) is 6.92 Å². The van der Waals surface area contributed by atoms with Crippen molar-refractivity contribution in [3.63, 3.8) is 0 Å². The molecular weight excluding hydrogens is 331 g/mol. The first-order chi connectivity index (χ1) is 10.0. The molecule has 0 atom stereocenters. The van der Waals surface area contributed by atoms with E-state index in [2.05, 4.69) is 27.2 Å². The number of unbranched alkanes of at least 4 members (excludes halogenated alkanes) is 1. The first-order valence-corrected chi connectivity index (χ1v) is 7.94. The van der Waals surface area contributed by atoms with Gasteiger partial charge in [0.2, 0.25) is 0 Å². The predicted molar refractivity (Wildman–Crippen MR) is 88.5 cm³/mol. The van der Waals surface area contributed by atoms with E-state index in [9.17, 15) is 0 Å². The van der Waals surface area contributed by atoms with Crippen LogP contribution in [-0.2, 0) is 13.0 Å². The number of aryl methyl sites for hydroxylation is 2. The van der Waals surface area contributed by atoms with Gasteiger partial charge in [-0.1, -0.05) is 48.1 Å². The number of halogens is 3. The Balaban J connectivity index is 2.08. The summed E-state index contributed by atoms with van der Waals surface area (Å²) >= 11 is 18.1. The maximum absolute atomic E-state index is 6.14. The predicted octanol–water partition coefficient (Wildman–Crippen LogP) is 5.03. The lowest BCUT2D eigenvalue weighted by Gasteiger charge is -2.10. The van der Waals surface area contributed by atoms with E-state index in [-0.39, 0.29) is 0 Å². The number of aromatic nitrogens is 3. The maximum atomic E-state index is 6.14. The number of H-pyrrole nitrogens is 1. The standard InChI is InChI=1S/C14H17Cl3N4/c1-3-4-5-11-19-9(13(16)21-11)7-18-12-8(2)6-10(15)20-14(12)17/h6,18H,3-5,7H2,1-2H3,(H,19,21). The van der Waals surface area contributed by atoms with E-state index < -0.39 is 0 Å². The van der Waals surface area contributed by atoms with Crippen LogP contribution in [0.3, 0.4) is 0 Å². The Bertz CT molecular complexity index is 602. The molecular formula is C14H17Cl3N4. The summed E-state index contributed by atoms with van der Waals surface area (Å²) in [7, 11) is 0. The highest BCUT2D eigenvalue weighted by atomic mass is 35.5. The fourth-order valence-corrected chi connectivity index (χ4v) is 2.82. The molecule has 0 bridgehead atoms. The topological polar surface area (TPSA) is 53.6 Å². The van der Waals surface area contributed by atoms with Gasteiger partial charge < -0.3 is 10.3 Å². The summed E-state index contributed by atoms with van der Waals surface area (Å²) in [6.45, 7) is 4.57. The molecule has 0 aliphatic carbocycles. The number of hydrogen-bond donors (Lipinski definition) is 2. The summed E-state index contributed by atoms with van der Waals surface area (Å²) in [5.41, 5.74) is 2.52. The van der Waals surface area contributed by atoms with Crippen LogP contribution in [0.4, 0.5) is 5.69 Å². The molecule has 0 spiro atoms. The molecule has 0 radical (unpaired) electrons. The number of rotatable bonds is 6. The Morgan fingerprint density at radius 3 is 2.62 bits per heavy atom. The van der Waals surface area contributed by atoms with Crippen LogP contribution in [0.2, 0.25) is 15.5 Å². The molecule has 0 saturated heterocycles. The van der Waals surface area contributed by atoms with Crippen LogP contribution < -0.4 is 5.32 Å². The van der Waals surface area contributed by atoms with Crippen molar-refractivity contribution in [2.45, 2.75) is 39.7 Å². The fraction of sp³-hybridized carbons (Fsp3) is 0.429. The average molecular weight is 348 g/mol. The summed E-state index contributed by atoms with van der Waals surface area (Å²) in [6.07, 6.45) is 3.11. The van der Waals surface area contributed by atoms with Gasteiger partial charge in [-0.2, -0.15) is 0 Å². The second kappa shape index (κ2) is 7.34. The average Bonchev–Trinajstić information content (AvgIpc) is 2.76. The molecule has 0 unspecified atom stereocenters. The van der Waals surface area contributed by atoms with E-state index in [4.69, 9.17) is 34.8 Å². The van der Waals surface area contributed by atoms with E-state index in [1.165, 1.54) is 0 Å². The highest BCUT2D eigenvalue weighted by molar-refractivity contribution is 6.34. The molecule has 2 N–H and O–H groups in total. The minimum absolute atomic E-state index is 0.349. The first-order valence-electron chi connectivity index (χ1n) is 6.81. The highest BCUT2D eigenvalue weighted by Gasteiger charge is 2.11. The first kappa shape index (κ1) is 16.4. The number of imidazole rings is 1. The van der Waals surface area contributed by atoms with Gasteiger partial charge in [0.05, 0.1) is 17.9 Å². The molecule has 2 heterocycles. The maximum Gasteiger partial charge on any atom is 0.154 e. The monoisotopic (exact) mass is 346 g/mol. The Hall–Kier alpha value is -0.970. The lowest BCUT2D eigenvalue weighted by atomic mass is 10.2. The van der Waals surface area contributed by atoms with E-state index in [0.717, 1.165) is 42.0 Å². The molecule has 2 rings (SSSR count). The van der Waals surface area contributed by atoms with Gasteiger partial charge in [0, 0.05) is 6.42 Å². The molecule has 0 saturated carbocycles. The van der Waals surface area contributed by atoms with Crippen molar-refractivity contribution in [3.05, 3.63) is 38.6 Å². The lowest BCUT2D eigenvalue weighted by molar-refractivity contribution is 0.760. The van der Waals surface area contributed by atoms with E-state index in [1.807, 2.05) is 6.92 Å². The minimum Gasteiger partial charge on any atom is -0.377 e. The number of aromatic amines is 1. The van der Waals surface area contributed by atoms with Crippen molar-refractivity contribution < 1.29 is 0 Å². The molecule has 2 aromatic rings. The summed E-state index contributed by atoms with van der Waals surface area (Å²) < 4.78 is 0. The lowest BCUT2D eigenvalue weighted by Crippen LogP contribution is -2.04. The van der Waals surface area contributed by atoms with E-state index in [1.54, 1.807) is 6.07 Å². The van der Waals surface area contributed by atoms with Crippen LogP contribution >= 0.6 is 34.8 Å². The zero-order chi connectivity index (χ0) is 15.4. The van der Waals surface area contributed by atoms with Crippen molar-refractivity contribution in [2.24, 2.45) is 0 Å². The van der Waals surface area contributed by atoms with Crippen LogP contribution in [0.15, 0.2) is 6.07 Å². The van der Waals surface area contributed by atoms with Crippen LogP contribution in [0.1, 0.15) is 36.8 Å². The third-order valence-corrected chi connectivity index (χ3v) is 3.91. The second-order valence-electron chi connectivity index (χ2n) is 4.84. The molecule has 4 nitrogen and oxygen atoms in total. The normalized spacial score (nSPS) is 10.9. The molecule has 114 valence electrons. The Kier molecular flexibility index (Phi) is 5.73. The van der Waals surface area contributed by atoms with Crippen molar-refractivity contribution >= 4 is 40.5 Å². The number of anilines is 1. The van der Waals surface area contributed by atoms with Gasteiger partial charge >= 0.3 is 0 Å². The summed E-state index contributed by atoms with van der Waals surface area (Å²) in [6, 6.07) is 1.76. The molecule has 0 aliphatic rings. The summed E-state index contributed by atoms with van der Waals surface area (Å²) in [4.78, 5) is 11.6. The largest absolute Gasteiger partial charge is 0.377 e. The van der Waals surface area contributed by atoms with Gasteiger partial charge in [-0.3, -0.25) is 0 Å². The molecule has 0 aromatic carbocycles. The number of pyridine rings is 1. The number of nitrogens with zero attached hydrogens (tertiary/aromatic N) is 2. The molecule has 2 aromatic heterocycles. The number of nitrogens with one attached hydrogen (secondary N) is 2. The number of hydrogen-bond acceptors (Lipinski definition) is 3. The molecule has 7 heteroatoms. The van der Waals surface area contributed by atoms with Crippen LogP contribution in [-0.4, -0.2) is 15.0 Å². The second-order valence-corrected chi connectivity index (χ2v) is 5.94. The third kappa shape index (κ3) is 4.25. The third-order valence-electron chi connectivity index (χ3n) is 3.13. The Labute approximate surface area is 139 Å². The summed E-state index contributed by atoms with van der Waals surface area (Å²) in [5, 5.41) is 4.44. The van der Waals surface area contributed by atoms with Crippen molar-refractivity contribution in [1.82, 2.24) is 15.0 Å². The SMILES string of the molecule is CCCCc1nc(Cl)c(CNc2c(C)cc(Cl)nc2Cl)[nH]1. The van der Waals surface area contributed by atoms with Gasteiger partial charge in [-0.25, -0.2) is 9.97 Å². The highest BCUT2D eigenvalue weighted by Crippen LogP contribution is 2.27. The van der Waals surface area contributed by atoms with Gasteiger partial charge in [0.1, 0.15) is 11.0 Å².